The third kappa shape index (κ3) is 4.64. The first-order chi connectivity index (χ1) is 10.3. The molecule has 0 aliphatic heterocycles. The number of carbonyl (C=O) groups excluding carboxylic acids is 2. The summed E-state index contributed by atoms with van der Waals surface area (Å²) in [6.07, 6.45) is -4.63. The highest BCUT2D eigenvalue weighted by Crippen LogP contribution is 2.34. The van der Waals surface area contributed by atoms with Gasteiger partial charge in [-0.1, -0.05) is 12.1 Å². The van der Waals surface area contributed by atoms with E-state index in [4.69, 9.17) is 0 Å². The van der Waals surface area contributed by atoms with E-state index in [0.29, 0.717) is 0 Å². The van der Waals surface area contributed by atoms with Crippen molar-refractivity contribution in [2.75, 3.05) is 18.5 Å². The molecular weight excluding hydrogens is 303 g/mol. The largest absolute Gasteiger partial charge is 0.464 e. The van der Waals surface area contributed by atoms with Crippen LogP contribution < -0.4 is 5.32 Å². The second kappa shape index (κ2) is 7.67. The molecule has 0 heterocycles. The minimum absolute atomic E-state index is 0.0165. The number of halogens is 3. The summed E-state index contributed by atoms with van der Waals surface area (Å²) >= 11 is 0. The number of rotatable bonds is 6. The van der Waals surface area contributed by atoms with Crippen LogP contribution in [-0.2, 0) is 25.2 Å². The van der Waals surface area contributed by atoms with Crippen molar-refractivity contribution in [2.24, 2.45) is 0 Å². The van der Waals surface area contributed by atoms with Gasteiger partial charge in [0.25, 0.3) is 0 Å². The standard InChI is InChI=1S/C14H16F3NO4/c1-3-21-12(19)11(13(20)22-4-2)18-10-8-6-5-7-9(10)14(15,16)17/h5-8,11,18H,3-4H2,1-2H3. The molecule has 0 saturated carbocycles. The van der Waals surface area contributed by atoms with Crippen molar-refractivity contribution < 1.29 is 32.2 Å². The van der Waals surface area contributed by atoms with Crippen LogP contribution in [0.1, 0.15) is 19.4 Å². The van der Waals surface area contributed by atoms with E-state index in [1.165, 1.54) is 26.0 Å². The molecule has 1 rings (SSSR count). The summed E-state index contributed by atoms with van der Waals surface area (Å²) in [4.78, 5) is 23.5. The SMILES string of the molecule is CCOC(=O)C(Nc1ccccc1C(F)(F)F)C(=O)OCC. The second-order valence-electron chi connectivity index (χ2n) is 4.12. The van der Waals surface area contributed by atoms with Crippen LogP contribution in [0, 0.1) is 0 Å². The predicted octanol–water partition coefficient (Wildman–Crippen LogP) is 2.61. The van der Waals surface area contributed by atoms with E-state index in [1.54, 1.807) is 0 Å². The molecule has 0 spiro atoms. The molecule has 1 aromatic rings. The highest BCUT2D eigenvalue weighted by Gasteiger charge is 2.36. The Balaban J connectivity index is 3.09. The number of para-hydroxylation sites is 1. The predicted molar refractivity (Wildman–Crippen MR) is 72.1 cm³/mol. The molecule has 0 aliphatic rings. The van der Waals surface area contributed by atoms with Gasteiger partial charge in [-0.15, -0.1) is 0 Å². The van der Waals surface area contributed by atoms with Gasteiger partial charge in [0.15, 0.2) is 0 Å². The smallest absolute Gasteiger partial charge is 0.418 e. The van der Waals surface area contributed by atoms with Crippen molar-refractivity contribution in [3.05, 3.63) is 29.8 Å². The Morgan fingerprint density at radius 3 is 2.05 bits per heavy atom. The topological polar surface area (TPSA) is 64.6 Å². The van der Waals surface area contributed by atoms with E-state index in [-0.39, 0.29) is 13.2 Å². The molecule has 0 aromatic heterocycles. The number of hydrogen-bond donors (Lipinski definition) is 1. The molecule has 1 aromatic carbocycles. The molecule has 0 radical (unpaired) electrons. The zero-order valence-electron chi connectivity index (χ0n) is 12.1. The quantitative estimate of drug-likeness (QED) is 0.645. The maximum Gasteiger partial charge on any atom is 0.418 e. The van der Waals surface area contributed by atoms with Crippen LogP contribution in [0.15, 0.2) is 24.3 Å². The molecule has 5 nitrogen and oxygen atoms in total. The maximum absolute atomic E-state index is 12.9. The fraction of sp³-hybridized carbons (Fsp3) is 0.429. The highest BCUT2D eigenvalue weighted by atomic mass is 19.4. The van der Waals surface area contributed by atoms with Gasteiger partial charge in [-0.05, 0) is 26.0 Å². The Kier molecular flexibility index (Phi) is 6.21. The van der Waals surface area contributed by atoms with Gasteiger partial charge >= 0.3 is 18.1 Å². The zero-order valence-corrected chi connectivity index (χ0v) is 12.1. The average Bonchev–Trinajstić information content (AvgIpc) is 2.44. The molecule has 0 atom stereocenters. The third-order valence-corrected chi connectivity index (χ3v) is 2.58. The summed E-state index contributed by atoms with van der Waals surface area (Å²) in [5.74, 6) is -2.00. The van der Waals surface area contributed by atoms with Gasteiger partial charge in [0.2, 0.25) is 6.04 Å². The fourth-order valence-corrected chi connectivity index (χ4v) is 1.68. The van der Waals surface area contributed by atoms with Crippen molar-refractivity contribution in [1.82, 2.24) is 0 Å². The van der Waals surface area contributed by atoms with Gasteiger partial charge in [-0.25, -0.2) is 9.59 Å². The molecule has 0 bridgehead atoms. The van der Waals surface area contributed by atoms with Crippen LogP contribution in [0.25, 0.3) is 0 Å². The van der Waals surface area contributed by atoms with Crippen molar-refractivity contribution in [3.63, 3.8) is 0 Å². The first kappa shape index (κ1) is 17.8. The molecule has 22 heavy (non-hydrogen) atoms. The van der Waals surface area contributed by atoms with Gasteiger partial charge in [0, 0.05) is 5.69 Å². The van der Waals surface area contributed by atoms with Crippen LogP contribution >= 0.6 is 0 Å². The molecule has 8 heteroatoms. The molecule has 0 fully saturated rings. The van der Waals surface area contributed by atoms with Crippen LogP contribution in [0.2, 0.25) is 0 Å². The molecule has 0 amide bonds. The number of carbonyl (C=O) groups is 2. The van der Waals surface area contributed by atoms with Crippen LogP contribution in [0.4, 0.5) is 18.9 Å². The van der Waals surface area contributed by atoms with Crippen LogP contribution in [0.5, 0.6) is 0 Å². The number of anilines is 1. The van der Waals surface area contributed by atoms with E-state index < -0.39 is 35.4 Å². The summed E-state index contributed by atoms with van der Waals surface area (Å²) < 4.78 is 48.1. The first-order valence-corrected chi connectivity index (χ1v) is 6.57. The van der Waals surface area contributed by atoms with E-state index >= 15 is 0 Å². The number of benzene rings is 1. The lowest BCUT2D eigenvalue weighted by atomic mass is 10.1. The van der Waals surface area contributed by atoms with Gasteiger partial charge in [-0.2, -0.15) is 13.2 Å². The van der Waals surface area contributed by atoms with Gasteiger partial charge in [0.1, 0.15) is 0 Å². The van der Waals surface area contributed by atoms with Crippen molar-refractivity contribution >= 4 is 17.6 Å². The van der Waals surface area contributed by atoms with Crippen LogP contribution in [0.3, 0.4) is 0 Å². The van der Waals surface area contributed by atoms with Gasteiger partial charge in [0.05, 0.1) is 18.8 Å². The Hall–Kier alpha value is -2.25. The summed E-state index contributed by atoms with van der Waals surface area (Å²) in [7, 11) is 0. The van der Waals surface area contributed by atoms with Crippen molar-refractivity contribution in [1.29, 1.82) is 0 Å². The average molecular weight is 319 g/mol. The first-order valence-electron chi connectivity index (χ1n) is 6.57. The Morgan fingerprint density at radius 1 is 1.09 bits per heavy atom. The lowest BCUT2D eigenvalue weighted by Gasteiger charge is -2.19. The highest BCUT2D eigenvalue weighted by molar-refractivity contribution is 6.02. The fourth-order valence-electron chi connectivity index (χ4n) is 1.68. The summed E-state index contributed by atoms with van der Waals surface area (Å²) in [5.41, 5.74) is -1.39. The van der Waals surface area contributed by atoms with Gasteiger partial charge < -0.3 is 14.8 Å². The molecule has 0 unspecified atom stereocenters. The minimum Gasteiger partial charge on any atom is -0.464 e. The normalized spacial score (nSPS) is 11.2. The minimum atomic E-state index is -4.63. The monoisotopic (exact) mass is 319 g/mol. The number of ether oxygens (including phenoxy) is 2. The molecule has 0 saturated heterocycles. The zero-order chi connectivity index (χ0) is 16.8. The maximum atomic E-state index is 12.9. The molecule has 1 N–H and O–H groups in total. The molecule has 122 valence electrons. The lowest BCUT2D eigenvalue weighted by Crippen LogP contribution is -2.40. The summed E-state index contributed by atoms with van der Waals surface area (Å²) in [6.45, 7) is 3.00. The Bertz CT molecular complexity index is 513. The van der Waals surface area contributed by atoms with Crippen LogP contribution in [-0.4, -0.2) is 31.2 Å². The number of hydrogen-bond acceptors (Lipinski definition) is 5. The number of nitrogens with one attached hydrogen (secondary N) is 1. The third-order valence-electron chi connectivity index (χ3n) is 2.58. The molecule has 0 aliphatic carbocycles. The second-order valence-corrected chi connectivity index (χ2v) is 4.12. The number of esters is 2. The van der Waals surface area contributed by atoms with E-state index in [0.717, 1.165) is 12.1 Å². The summed E-state index contributed by atoms with van der Waals surface area (Å²) in [5, 5.41) is 2.25. The van der Waals surface area contributed by atoms with E-state index in [1.807, 2.05) is 0 Å². The molecular formula is C14H16F3NO4. The summed E-state index contributed by atoms with van der Waals surface area (Å²) in [6, 6.07) is 2.86. The number of alkyl halides is 3. The van der Waals surface area contributed by atoms with Gasteiger partial charge in [-0.3, -0.25) is 0 Å². The van der Waals surface area contributed by atoms with Crippen molar-refractivity contribution in [2.45, 2.75) is 26.1 Å². The Labute approximate surface area is 125 Å². The Morgan fingerprint density at radius 2 is 1.59 bits per heavy atom. The van der Waals surface area contributed by atoms with Crippen molar-refractivity contribution in [3.8, 4) is 0 Å². The lowest BCUT2D eigenvalue weighted by molar-refractivity contribution is -0.155. The van der Waals surface area contributed by atoms with E-state index in [2.05, 4.69) is 14.8 Å². The van der Waals surface area contributed by atoms with E-state index in [9.17, 15) is 22.8 Å².